The van der Waals surface area contributed by atoms with E-state index < -0.39 is 17.5 Å². The topological polar surface area (TPSA) is 40.5 Å². The molecule has 0 radical (unpaired) electrons. The van der Waals surface area contributed by atoms with Gasteiger partial charge in [0.25, 0.3) is 0 Å². The molecular formula is C12H15F2NO2. The van der Waals surface area contributed by atoms with E-state index in [-0.39, 0.29) is 24.6 Å². The molecule has 0 aromatic heterocycles. The van der Waals surface area contributed by atoms with Gasteiger partial charge in [0.15, 0.2) is 0 Å². The molecule has 5 heteroatoms. The van der Waals surface area contributed by atoms with Crippen molar-refractivity contribution in [3.8, 4) is 0 Å². The third-order valence-electron chi connectivity index (χ3n) is 2.71. The first kappa shape index (κ1) is 13.6. The Kier molecular flexibility index (Phi) is 4.57. The summed E-state index contributed by atoms with van der Waals surface area (Å²) in [4.78, 5) is 13.0. The maximum atomic E-state index is 13.3. The Morgan fingerprint density at radius 2 is 1.94 bits per heavy atom. The maximum Gasteiger partial charge on any atom is 0.227 e. The van der Waals surface area contributed by atoms with Crippen molar-refractivity contribution in [2.45, 2.75) is 19.4 Å². The minimum atomic E-state index is -0.733. The molecule has 94 valence electrons. The number of hydrogen-bond donors (Lipinski definition) is 1. The van der Waals surface area contributed by atoms with Gasteiger partial charge in [0, 0.05) is 12.6 Å². The highest BCUT2D eigenvalue weighted by Crippen LogP contribution is 2.14. The molecule has 3 nitrogen and oxygen atoms in total. The smallest absolute Gasteiger partial charge is 0.227 e. The van der Waals surface area contributed by atoms with Crippen molar-refractivity contribution < 1.29 is 18.7 Å². The number of amides is 1. The van der Waals surface area contributed by atoms with E-state index in [1.165, 1.54) is 18.0 Å². The number of carbonyl (C=O) groups is 1. The summed E-state index contributed by atoms with van der Waals surface area (Å²) in [7, 11) is 1.49. The molecular weight excluding hydrogens is 228 g/mol. The summed E-state index contributed by atoms with van der Waals surface area (Å²) < 4.78 is 26.6. The van der Waals surface area contributed by atoms with E-state index in [9.17, 15) is 13.6 Å². The average molecular weight is 243 g/mol. The number of carbonyl (C=O) groups excluding carboxylic acids is 1. The van der Waals surface area contributed by atoms with Crippen molar-refractivity contribution in [3.63, 3.8) is 0 Å². The molecule has 1 aromatic carbocycles. The van der Waals surface area contributed by atoms with Crippen LogP contribution in [0, 0.1) is 11.6 Å². The Hall–Kier alpha value is -1.49. The number of benzene rings is 1. The second-order valence-electron chi connectivity index (χ2n) is 3.91. The minimum Gasteiger partial charge on any atom is -0.394 e. The highest BCUT2D eigenvalue weighted by molar-refractivity contribution is 5.78. The van der Waals surface area contributed by atoms with Gasteiger partial charge in [-0.1, -0.05) is 6.07 Å². The van der Waals surface area contributed by atoms with Gasteiger partial charge in [0.05, 0.1) is 19.1 Å². The lowest BCUT2D eigenvalue weighted by atomic mass is 10.1. The Morgan fingerprint density at radius 1 is 1.41 bits per heavy atom. The summed E-state index contributed by atoms with van der Waals surface area (Å²) >= 11 is 0. The summed E-state index contributed by atoms with van der Waals surface area (Å²) in [6.45, 7) is 1.46. The zero-order chi connectivity index (χ0) is 13.0. The number of nitrogens with zero attached hydrogens (tertiary/aromatic N) is 1. The number of halogens is 2. The maximum absolute atomic E-state index is 13.3. The molecule has 1 rings (SSSR count). The molecule has 0 aliphatic heterocycles. The molecule has 1 amide bonds. The van der Waals surface area contributed by atoms with Gasteiger partial charge in [-0.3, -0.25) is 4.79 Å². The van der Waals surface area contributed by atoms with Crippen molar-refractivity contribution in [2.24, 2.45) is 0 Å². The van der Waals surface area contributed by atoms with E-state index in [1.54, 1.807) is 6.92 Å². The average Bonchev–Trinajstić information content (AvgIpc) is 2.31. The minimum absolute atomic E-state index is 0.192. The first-order valence-electron chi connectivity index (χ1n) is 5.26. The molecule has 0 fully saturated rings. The predicted octanol–water partition coefficient (Wildman–Crippen LogP) is 1.35. The van der Waals surface area contributed by atoms with Crippen LogP contribution in [0.4, 0.5) is 8.78 Å². The highest BCUT2D eigenvalue weighted by atomic mass is 19.1. The molecule has 1 aromatic rings. The van der Waals surface area contributed by atoms with Crippen molar-refractivity contribution in [2.75, 3.05) is 13.7 Å². The van der Waals surface area contributed by atoms with Crippen LogP contribution in [0.3, 0.4) is 0 Å². The standard InChI is InChI=1S/C12H15F2NO2/c1-8(7-16)15(2)12(17)6-9-10(13)4-3-5-11(9)14/h3-5,8,16H,6-7H2,1-2H3. The van der Waals surface area contributed by atoms with Crippen LogP contribution in [0.25, 0.3) is 0 Å². The van der Waals surface area contributed by atoms with Gasteiger partial charge < -0.3 is 10.0 Å². The first-order valence-corrected chi connectivity index (χ1v) is 5.26. The molecule has 0 bridgehead atoms. The van der Waals surface area contributed by atoms with Gasteiger partial charge >= 0.3 is 0 Å². The fraction of sp³-hybridized carbons (Fsp3) is 0.417. The molecule has 1 N–H and O–H groups in total. The molecule has 0 aliphatic rings. The zero-order valence-electron chi connectivity index (χ0n) is 9.78. The zero-order valence-corrected chi connectivity index (χ0v) is 9.78. The lowest BCUT2D eigenvalue weighted by Crippen LogP contribution is -2.38. The summed E-state index contributed by atoms with van der Waals surface area (Å²) in [5.74, 6) is -1.90. The third kappa shape index (κ3) is 3.23. The Morgan fingerprint density at radius 3 is 2.41 bits per heavy atom. The van der Waals surface area contributed by atoms with E-state index in [1.807, 2.05) is 0 Å². The van der Waals surface area contributed by atoms with Crippen LogP contribution in [0.5, 0.6) is 0 Å². The molecule has 1 atom stereocenters. The van der Waals surface area contributed by atoms with E-state index in [2.05, 4.69) is 0 Å². The first-order chi connectivity index (χ1) is 7.97. The second kappa shape index (κ2) is 5.72. The van der Waals surface area contributed by atoms with Crippen LogP contribution >= 0.6 is 0 Å². The van der Waals surface area contributed by atoms with E-state index in [0.29, 0.717) is 0 Å². The van der Waals surface area contributed by atoms with Crippen molar-refractivity contribution >= 4 is 5.91 Å². The number of aliphatic hydroxyl groups excluding tert-OH is 1. The largest absolute Gasteiger partial charge is 0.394 e. The van der Waals surface area contributed by atoms with Crippen LogP contribution in [0.15, 0.2) is 18.2 Å². The van der Waals surface area contributed by atoms with Gasteiger partial charge in [-0.15, -0.1) is 0 Å². The summed E-state index contributed by atoms with van der Waals surface area (Å²) in [6.07, 6.45) is -0.348. The number of aliphatic hydroxyl groups is 1. The number of hydrogen-bond acceptors (Lipinski definition) is 2. The summed E-state index contributed by atoms with van der Waals surface area (Å²) in [5, 5.41) is 8.89. The van der Waals surface area contributed by atoms with Crippen LogP contribution in [-0.4, -0.2) is 35.6 Å². The second-order valence-corrected chi connectivity index (χ2v) is 3.91. The Bertz CT molecular complexity index is 389. The Labute approximate surface area is 98.7 Å². The van der Waals surface area contributed by atoms with Crippen LogP contribution in [0.1, 0.15) is 12.5 Å². The van der Waals surface area contributed by atoms with Gasteiger partial charge in [0.1, 0.15) is 11.6 Å². The SMILES string of the molecule is CC(CO)N(C)C(=O)Cc1c(F)cccc1F. The molecule has 1 unspecified atom stereocenters. The third-order valence-corrected chi connectivity index (χ3v) is 2.71. The number of rotatable bonds is 4. The summed E-state index contributed by atoms with van der Waals surface area (Å²) in [6, 6.07) is 3.10. The van der Waals surface area contributed by atoms with Crippen molar-refractivity contribution in [1.29, 1.82) is 0 Å². The van der Waals surface area contributed by atoms with Crippen LogP contribution in [0.2, 0.25) is 0 Å². The van der Waals surface area contributed by atoms with Gasteiger partial charge in [-0.25, -0.2) is 8.78 Å². The van der Waals surface area contributed by atoms with Crippen LogP contribution in [-0.2, 0) is 11.2 Å². The van der Waals surface area contributed by atoms with E-state index >= 15 is 0 Å². The lowest BCUT2D eigenvalue weighted by molar-refractivity contribution is -0.131. The molecule has 0 spiro atoms. The van der Waals surface area contributed by atoms with Gasteiger partial charge in [0.2, 0.25) is 5.91 Å². The molecule has 0 aliphatic carbocycles. The van der Waals surface area contributed by atoms with E-state index in [0.717, 1.165) is 12.1 Å². The molecule has 0 heterocycles. The van der Waals surface area contributed by atoms with Gasteiger partial charge in [-0.2, -0.15) is 0 Å². The van der Waals surface area contributed by atoms with Crippen molar-refractivity contribution in [3.05, 3.63) is 35.4 Å². The molecule has 17 heavy (non-hydrogen) atoms. The Balaban J connectivity index is 2.81. The predicted molar refractivity (Wildman–Crippen MR) is 59.4 cm³/mol. The van der Waals surface area contributed by atoms with Crippen molar-refractivity contribution in [1.82, 2.24) is 4.90 Å². The quantitative estimate of drug-likeness (QED) is 0.867. The monoisotopic (exact) mass is 243 g/mol. The fourth-order valence-corrected chi connectivity index (χ4v) is 1.35. The molecule has 0 saturated heterocycles. The number of likely N-dealkylation sites (N-methyl/N-ethyl adjacent to an activating group) is 1. The normalized spacial score (nSPS) is 12.3. The molecule has 0 saturated carbocycles. The van der Waals surface area contributed by atoms with E-state index in [4.69, 9.17) is 5.11 Å². The van der Waals surface area contributed by atoms with Gasteiger partial charge in [-0.05, 0) is 19.1 Å². The van der Waals surface area contributed by atoms with Crippen LogP contribution < -0.4 is 0 Å². The lowest BCUT2D eigenvalue weighted by Gasteiger charge is -2.23. The fourth-order valence-electron chi connectivity index (χ4n) is 1.35. The summed E-state index contributed by atoms with van der Waals surface area (Å²) in [5.41, 5.74) is -0.241. The highest BCUT2D eigenvalue weighted by Gasteiger charge is 2.18.